The molecule has 0 aliphatic heterocycles. The van der Waals surface area contributed by atoms with Crippen LogP contribution in [0.2, 0.25) is 0 Å². The van der Waals surface area contributed by atoms with Gasteiger partial charge in [-0.25, -0.2) is 0 Å². The van der Waals surface area contributed by atoms with Crippen LogP contribution in [0.25, 0.3) is 0 Å². The smallest absolute Gasteiger partial charge is 0.274 e. The summed E-state index contributed by atoms with van der Waals surface area (Å²) in [5, 5.41) is 16.4. The number of aromatic nitrogens is 1. The molecule has 1 amide bonds. The Morgan fingerprint density at radius 3 is 2.76 bits per heavy atom. The number of carbonyl (C=O) groups is 1. The zero-order valence-electron chi connectivity index (χ0n) is 11.6. The number of hydrogen-bond acceptors (Lipinski definition) is 5. The van der Waals surface area contributed by atoms with Crippen LogP contribution in [0.5, 0.6) is 0 Å². The fourth-order valence-electron chi connectivity index (χ4n) is 1.88. The summed E-state index contributed by atoms with van der Waals surface area (Å²) < 4.78 is 0. The number of nitro groups is 1. The standard InChI is InChI=1S/C14H14N4O3/c1-9-3-4-10(7-13(9)18(20)21)17-14(19)11-8-16-6-5-12(11)15-2/h3-8H,1-2H3,(H,15,16)(H,17,19). The second-order valence-electron chi connectivity index (χ2n) is 4.38. The van der Waals surface area contributed by atoms with Crippen LogP contribution in [-0.4, -0.2) is 22.9 Å². The molecule has 0 fully saturated rings. The van der Waals surface area contributed by atoms with E-state index in [-0.39, 0.29) is 11.6 Å². The highest BCUT2D eigenvalue weighted by molar-refractivity contribution is 6.07. The molecule has 0 radical (unpaired) electrons. The van der Waals surface area contributed by atoms with Crippen LogP contribution in [0, 0.1) is 17.0 Å². The van der Waals surface area contributed by atoms with E-state index in [1.54, 1.807) is 38.4 Å². The molecular formula is C14H14N4O3. The molecule has 0 unspecified atom stereocenters. The van der Waals surface area contributed by atoms with Crippen LogP contribution in [0.1, 0.15) is 15.9 Å². The highest BCUT2D eigenvalue weighted by Gasteiger charge is 2.15. The van der Waals surface area contributed by atoms with Gasteiger partial charge in [0.1, 0.15) is 0 Å². The molecule has 1 heterocycles. The summed E-state index contributed by atoms with van der Waals surface area (Å²) in [5.74, 6) is -0.384. The number of nitro benzene ring substituents is 1. The van der Waals surface area contributed by atoms with E-state index in [0.29, 0.717) is 22.5 Å². The molecule has 0 saturated carbocycles. The summed E-state index contributed by atoms with van der Waals surface area (Å²) >= 11 is 0. The third-order valence-corrected chi connectivity index (χ3v) is 3.00. The van der Waals surface area contributed by atoms with E-state index in [1.165, 1.54) is 12.3 Å². The minimum Gasteiger partial charge on any atom is -0.387 e. The number of aryl methyl sites for hydroxylation is 1. The number of rotatable bonds is 4. The summed E-state index contributed by atoms with van der Waals surface area (Å²) in [4.78, 5) is 26.5. The minimum atomic E-state index is -0.478. The fraction of sp³-hybridized carbons (Fsp3) is 0.143. The number of nitrogens with zero attached hydrogens (tertiary/aromatic N) is 2. The van der Waals surface area contributed by atoms with Crippen molar-refractivity contribution in [1.82, 2.24) is 4.98 Å². The SMILES string of the molecule is CNc1ccncc1C(=O)Nc1ccc(C)c([N+](=O)[O-])c1. The van der Waals surface area contributed by atoms with Crippen molar-refractivity contribution < 1.29 is 9.72 Å². The van der Waals surface area contributed by atoms with Gasteiger partial charge in [0.2, 0.25) is 0 Å². The van der Waals surface area contributed by atoms with Gasteiger partial charge in [-0.15, -0.1) is 0 Å². The monoisotopic (exact) mass is 286 g/mol. The first-order valence-corrected chi connectivity index (χ1v) is 6.21. The minimum absolute atomic E-state index is 0.0344. The second kappa shape index (κ2) is 6.00. The van der Waals surface area contributed by atoms with Gasteiger partial charge < -0.3 is 10.6 Å². The lowest BCUT2D eigenvalue weighted by Crippen LogP contribution is -2.14. The van der Waals surface area contributed by atoms with E-state index >= 15 is 0 Å². The molecule has 0 spiro atoms. The Bertz CT molecular complexity index is 700. The van der Waals surface area contributed by atoms with Crippen LogP contribution >= 0.6 is 0 Å². The predicted molar refractivity (Wildman–Crippen MR) is 79.6 cm³/mol. The molecule has 7 heteroatoms. The highest BCUT2D eigenvalue weighted by atomic mass is 16.6. The van der Waals surface area contributed by atoms with Crippen LogP contribution in [0.15, 0.2) is 36.7 Å². The molecule has 1 aromatic carbocycles. The molecule has 108 valence electrons. The summed E-state index contributed by atoms with van der Waals surface area (Å²) in [6.07, 6.45) is 3.00. The fourth-order valence-corrected chi connectivity index (χ4v) is 1.88. The van der Waals surface area contributed by atoms with Gasteiger partial charge in [0.05, 0.1) is 10.5 Å². The summed E-state index contributed by atoms with van der Waals surface area (Å²) in [6, 6.07) is 6.22. The molecule has 7 nitrogen and oxygen atoms in total. The second-order valence-corrected chi connectivity index (χ2v) is 4.38. The van der Waals surface area contributed by atoms with E-state index < -0.39 is 4.92 Å². The predicted octanol–water partition coefficient (Wildman–Crippen LogP) is 2.59. The molecule has 0 aliphatic rings. The van der Waals surface area contributed by atoms with Gasteiger partial charge in [-0.3, -0.25) is 19.9 Å². The van der Waals surface area contributed by atoms with Crippen molar-refractivity contribution >= 4 is 23.0 Å². The van der Waals surface area contributed by atoms with Gasteiger partial charge in [-0.05, 0) is 19.1 Å². The summed E-state index contributed by atoms with van der Waals surface area (Å²) in [7, 11) is 1.70. The maximum atomic E-state index is 12.2. The van der Waals surface area contributed by atoms with Gasteiger partial charge in [0.25, 0.3) is 11.6 Å². The van der Waals surface area contributed by atoms with E-state index in [0.717, 1.165) is 0 Å². The molecule has 0 atom stereocenters. The molecular weight excluding hydrogens is 272 g/mol. The van der Waals surface area contributed by atoms with Crippen molar-refractivity contribution in [1.29, 1.82) is 0 Å². The molecule has 2 N–H and O–H groups in total. The van der Waals surface area contributed by atoms with Crippen molar-refractivity contribution in [3.63, 3.8) is 0 Å². The number of benzene rings is 1. The maximum Gasteiger partial charge on any atom is 0.274 e. The summed E-state index contributed by atoms with van der Waals surface area (Å²) in [5.41, 5.74) is 1.86. The average Bonchev–Trinajstić information content (AvgIpc) is 2.48. The van der Waals surface area contributed by atoms with E-state index in [2.05, 4.69) is 15.6 Å². The number of nitrogens with one attached hydrogen (secondary N) is 2. The van der Waals surface area contributed by atoms with Crippen molar-refractivity contribution in [3.8, 4) is 0 Å². The van der Waals surface area contributed by atoms with Crippen LogP contribution in [0.3, 0.4) is 0 Å². The number of hydrogen-bond donors (Lipinski definition) is 2. The molecule has 0 bridgehead atoms. The molecule has 1 aromatic heterocycles. The van der Waals surface area contributed by atoms with Crippen LogP contribution < -0.4 is 10.6 Å². The molecule has 2 rings (SSSR count). The number of anilines is 2. The van der Waals surface area contributed by atoms with E-state index in [4.69, 9.17) is 0 Å². The lowest BCUT2D eigenvalue weighted by atomic mass is 10.1. The Morgan fingerprint density at radius 1 is 1.33 bits per heavy atom. The normalized spacial score (nSPS) is 10.0. The van der Waals surface area contributed by atoms with E-state index in [1.807, 2.05) is 0 Å². The van der Waals surface area contributed by atoms with Gasteiger partial charge in [-0.1, -0.05) is 6.07 Å². The molecule has 2 aromatic rings. The third-order valence-electron chi connectivity index (χ3n) is 3.00. The zero-order valence-corrected chi connectivity index (χ0v) is 11.6. The van der Waals surface area contributed by atoms with Gasteiger partial charge in [-0.2, -0.15) is 0 Å². The number of amides is 1. The first kappa shape index (κ1) is 14.4. The average molecular weight is 286 g/mol. The van der Waals surface area contributed by atoms with Crippen LogP contribution in [-0.2, 0) is 0 Å². The quantitative estimate of drug-likeness (QED) is 0.665. The largest absolute Gasteiger partial charge is 0.387 e. The molecule has 0 saturated heterocycles. The highest BCUT2D eigenvalue weighted by Crippen LogP contribution is 2.23. The Hall–Kier alpha value is -2.96. The lowest BCUT2D eigenvalue weighted by Gasteiger charge is -2.09. The third kappa shape index (κ3) is 3.14. The summed E-state index contributed by atoms with van der Waals surface area (Å²) in [6.45, 7) is 1.64. The Balaban J connectivity index is 2.28. The van der Waals surface area contributed by atoms with Gasteiger partial charge >= 0.3 is 0 Å². The van der Waals surface area contributed by atoms with Gasteiger partial charge in [0.15, 0.2) is 0 Å². The van der Waals surface area contributed by atoms with Crippen molar-refractivity contribution in [2.24, 2.45) is 0 Å². The van der Waals surface area contributed by atoms with Crippen LogP contribution in [0.4, 0.5) is 17.1 Å². The zero-order chi connectivity index (χ0) is 15.4. The van der Waals surface area contributed by atoms with Crippen molar-refractivity contribution in [2.45, 2.75) is 6.92 Å². The Kier molecular flexibility index (Phi) is 4.13. The topological polar surface area (TPSA) is 97.2 Å². The van der Waals surface area contributed by atoms with Gasteiger partial charge in [0, 0.05) is 42.4 Å². The Labute approximate surface area is 121 Å². The Morgan fingerprint density at radius 2 is 2.10 bits per heavy atom. The first-order chi connectivity index (χ1) is 10.0. The molecule has 0 aliphatic carbocycles. The first-order valence-electron chi connectivity index (χ1n) is 6.21. The van der Waals surface area contributed by atoms with E-state index in [9.17, 15) is 14.9 Å². The molecule has 21 heavy (non-hydrogen) atoms. The van der Waals surface area contributed by atoms with Crippen molar-refractivity contribution in [2.75, 3.05) is 17.7 Å². The maximum absolute atomic E-state index is 12.2. The number of pyridine rings is 1. The van der Waals surface area contributed by atoms with Crippen molar-refractivity contribution in [3.05, 3.63) is 57.9 Å². The number of carbonyl (C=O) groups excluding carboxylic acids is 1. The lowest BCUT2D eigenvalue weighted by molar-refractivity contribution is -0.385.